The summed E-state index contributed by atoms with van der Waals surface area (Å²) in [6.45, 7) is 3.61. The SMILES string of the molecule is Cc1cccc(C(=O)NC(C)c2cn[nH]c2)c1O. The minimum Gasteiger partial charge on any atom is -0.507 e. The van der Waals surface area contributed by atoms with Crippen molar-refractivity contribution < 1.29 is 9.90 Å². The molecule has 1 aromatic carbocycles. The molecule has 5 heteroatoms. The van der Waals surface area contributed by atoms with Crippen LogP contribution in [0.1, 0.15) is 34.5 Å². The molecule has 2 aromatic rings. The predicted molar refractivity (Wildman–Crippen MR) is 67.3 cm³/mol. The number of phenolic OH excluding ortho intramolecular Hbond substituents is 1. The van der Waals surface area contributed by atoms with Gasteiger partial charge in [0.2, 0.25) is 0 Å². The maximum absolute atomic E-state index is 12.0. The second kappa shape index (κ2) is 4.91. The molecule has 1 heterocycles. The third kappa shape index (κ3) is 2.34. The van der Waals surface area contributed by atoms with Gasteiger partial charge in [0.15, 0.2) is 0 Å². The largest absolute Gasteiger partial charge is 0.507 e. The van der Waals surface area contributed by atoms with Crippen LogP contribution >= 0.6 is 0 Å². The van der Waals surface area contributed by atoms with Gasteiger partial charge >= 0.3 is 0 Å². The van der Waals surface area contributed by atoms with Crippen LogP contribution in [0.2, 0.25) is 0 Å². The Kier molecular flexibility index (Phi) is 3.32. The smallest absolute Gasteiger partial charge is 0.255 e. The van der Waals surface area contributed by atoms with Crippen LogP contribution in [0.5, 0.6) is 5.75 Å². The van der Waals surface area contributed by atoms with Crippen molar-refractivity contribution in [3.05, 3.63) is 47.3 Å². The summed E-state index contributed by atoms with van der Waals surface area (Å²) >= 11 is 0. The molecule has 94 valence electrons. The number of para-hydroxylation sites is 1. The molecule has 5 nitrogen and oxygen atoms in total. The second-order valence-corrected chi connectivity index (χ2v) is 4.20. The summed E-state index contributed by atoms with van der Waals surface area (Å²) < 4.78 is 0. The molecule has 0 bridgehead atoms. The normalized spacial score (nSPS) is 12.1. The highest BCUT2D eigenvalue weighted by atomic mass is 16.3. The first kappa shape index (κ1) is 12.2. The molecule has 0 saturated heterocycles. The highest BCUT2D eigenvalue weighted by Gasteiger charge is 2.15. The van der Waals surface area contributed by atoms with E-state index in [0.717, 1.165) is 5.56 Å². The topological polar surface area (TPSA) is 78.0 Å². The molecule has 1 amide bonds. The Balaban J connectivity index is 2.15. The minimum absolute atomic E-state index is 0.0226. The first-order valence-electron chi connectivity index (χ1n) is 5.67. The molecule has 0 aliphatic carbocycles. The van der Waals surface area contributed by atoms with Crippen molar-refractivity contribution in [2.24, 2.45) is 0 Å². The van der Waals surface area contributed by atoms with Gasteiger partial charge in [-0.05, 0) is 25.5 Å². The van der Waals surface area contributed by atoms with Gasteiger partial charge in [-0.15, -0.1) is 0 Å². The predicted octanol–water partition coefficient (Wildman–Crippen LogP) is 1.91. The summed E-state index contributed by atoms with van der Waals surface area (Å²) in [4.78, 5) is 12.0. The van der Waals surface area contributed by atoms with Crippen molar-refractivity contribution in [1.29, 1.82) is 0 Å². The molecule has 0 aliphatic rings. The lowest BCUT2D eigenvalue weighted by atomic mass is 10.1. The van der Waals surface area contributed by atoms with E-state index < -0.39 is 0 Å². The summed E-state index contributed by atoms with van der Waals surface area (Å²) in [6, 6.07) is 4.92. The third-order valence-electron chi connectivity index (χ3n) is 2.85. The van der Waals surface area contributed by atoms with Crippen molar-refractivity contribution in [3.8, 4) is 5.75 Å². The molecule has 0 fully saturated rings. The number of benzene rings is 1. The van der Waals surface area contributed by atoms with E-state index in [9.17, 15) is 9.90 Å². The van der Waals surface area contributed by atoms with Gasteiger partial charge < -0.3 is 10.4 Å². The Hall–Kier alpha value is -2.30. The highest BCUT2D eigenvalue weighted by molar-refractivity contribution is 5.97. The molecule has 0 spiro atoms. The molecular weight excluding hydrogens is 230 g/mol. The Morgan fingerprint density at radius 3 is 2.94 bits per heavy atom. The number of aromatic amines is 1. The molecule has 1 aromatic heterocycles. The van der Waals surface area contributed by atoms with Crippen LogP contribution < -0.4 is 5.32 Å². The zero-order valence-electron chi connectivity index (χ0n) is 10.3. The molecule has 1 unspecified atom stereocenters. The maximum atomic E-state index is 12.0. The molecule has 18 heavy (non-hydrogen) atoms. The molecule has 1 atom stereocenters. The molecule has 0 aliphatic heterocycles. The van der Waals surface area contributed by atoms with Gasteiger partial charge in [0.25, 0.3) is 5.91 Å². The number of aryl methyl sites for hydroxylation is 1. The number of nitrogens with one attached hydrogen (secondary N) is 2. The lowest BCUT2D eigenvalue weighted by molar-refractivity contribution is 0.0937. The number of nitrogens with zero attached hydrogens (tertiary/aromatic N) is 1. The maximum Gasteiger partial charge on any atom is 0.255 e. The van der Waals surface area contributed by atoms with Crippen LogP contribution in [-0.4, -0.2) is 21.2 Å². The third-order valence-corrected chi connectivity index (χ3v) is 2.85. The van der Waals surface area contributed by atoms with Crippen molar-refractivity contribution in [3.63, 3.8) is 0 Å². The Labute approximate surface area is 105 Å². The van der Waals surface area contributed by atoms with Gasteiger partial charge in [-0.2, -0.15) is 5.10 Å². The summed E-state index contributed by atoms with van der Waals surface area (Å²) in [5, 5.41) is 19.2. The van der Waals surface area contributed by atoms with Gasteiger partial charge in [-0.25, -0.2) is 0 Å². The van der Waals surface area contributed by atoms with Crippen molar-refractivity contribution in [2.75, 3.05) is 0 Å². The number of H-pyrrole nitrogens is 1. The van der Waals surface area contributed by atoms with Gasteiger partial charge in [0.1, 0.15) is 5.75 Å². The zero-order valence-corrected chi connectivity index (χ0v) is 10.3. The summed E-state index contributed by atoms with van der Waals surface area (Å²) in [7, 11) is 0. The fourth-order valence-corrected chi connectivity index (χ4v) is 1.70. The van der Waals surface area contributed by atoms with E-state index in [4.69, 9.17) is 0 Å². The van der Waals surface area contributed by atoms with Crippen LogP contribution in [0.25, 0.3) is 0 Å². The number of carbonyl (C=O) groups is 1. The number of aromatic hydroxyl groups is 1. The van der Waals surface area contributed by atoms with Crippen LogP contribution in [0.4, 0.5) is 0 Å². The fourth-order valence-electron chi connectivity index (χ4n) is 1.70. The number of phenols is 1. The number of aromatic nitrogens is 2. The van der Waals surface area contributed by atoms with E-state index in [2.05, 4.69) is 15.5 Å². The standard InChI is InChI=1S/C13H15N3O2/c1-8-4-3-5-11(12(8)17)13(18)16-9(2)10-6-14-15-7-10/h3-7,9,17H,1-2H3,(H,14,15)(H,16,18). The summed E-state index contributed by atoms with van der Waals surface area (Å²) in [5.41, 5.74) is 1.85. The van der Waals surface area contributed by atoms with E-state index in [1.54, 1.807) is 37.5 Å². The summed E-state index contributed by atoms with van der Waals surface area (Å²) in [6.07, 6.45) is 3.38. The molecule has 0 radical (unpaired) electrons. The monoisotopic (exact) mass is 245 g/mol. The van der Waals surface area contributed by atoms with E-state index >= 15 is 0 Å². The van der Waals surface area contributed by atoms with Crippen LogP contribution in [-0.2, 0) is 0 Å². The van der Waals surface area contributed by atoms with E-state index in [1.807, 2.05) is 6.92 Å². The zero-order chi connectivity index (χ0) is 13.1. The second-order valence-electron chi connectivity index (χ2n) is 4.20. The quantitative estimate of drug-likeness (QED) is 0.773. The fraction of sp³-hybridized carbons (Fsp3) is 0.231. The van der Waals surface area contributed by atoms with Crippen LogP contribution in [0, 0.1) is 6.92 Å². The van der Waals surface area contributed by atoms with Gasteiger partial charge in [0, 0.05) is 11.8 Å². The van der Waals surface area contributed by atoms with E-state index in [-0.39, 0.29) is 23.3 Å². The van der Waals surface area contributed by atoms with Crippen molar-refractivity contribution in [1.82, 2.24) is 15.5 Å². The van der Waals surface area contributed by atoms with Gasteiger partial charge in [-0.3, -0.25) is 9.89 Å². The Bertz CT molecular complexity index is 549. The number of hydrogen-bond donors (Lipinski definition) is 3. The molecule has 2 rings (SSSR count). The average molecular weight is 245 g/mol. The average Bonchev–Trinajstić information content (AvgIpc) is 2.86. The van der Waals surface area contributed by atoms with Crippen LogP contribution in [0.3, 0.4) is 0 Å². The number of carbonyl (C=O) groups excluding carboxylic acids is 1. The van der Waals surface area contributed by atoms with Gasteiger partial charge in [0.05, 0.1) is 17.8 Å². The van der Waals surface area contributed by atoms with Crippen molar-refractivity contribution >= 4 is 5.91 Å². The van der Waals surface area contributed by atoms with E-state index in [1.165, 1.54) is 0 Å². The molecule has 0 saturated carbocycles. The number of hydrogen-bond acceptors (Lipinski definition) is 3. The number of rotatable bonds is 3. The highest BCUT2D eigenvalue weighted by Crippen LogP contribution is 2.22. The summed E-state index contributed by atoms with van der Waals surface area (Å²) in [5.74, 6) is -0.278. The first-order chi connectivity index (χ1) is 8.59. The molecule has 3 N–H and O–H groups in total. The lowest BCUT2D eigenvalue weighted by Gasteiger charge is -2.13. The Morgan fingerprint density at radius 2 is 2.28 bits per heavy atom. The van der Waals surface area contributed by atoms with Gasteiger partial charge in [-0.1, -0.05) is 12.1 Å². The van der Waals surface area contributed by atoms with Crippen LogP contribution in [0.15, 0.2) is 30.6 Å². The minimum atomic E-state index is -0.301. The number of amides is 1. The lowest BCUT2D eigenvalue weighted by Crippen LogP contribution is -2.26. The van der Waals surface area contributed by atoms with Crippen molar-refractivity contribution in [2.45, 2.75) is 19.9 Å². The van der Waals surface area contributed by atoms with E-state index in [0.29, 0.717) is 5.56 Å². The first-order valence-corrected chi connectivity index (χ1v) is 5.67. The Morgan fingerprint density at radius 1 is 1.50 bits per heavy atom. The molecular formula is C13H15N3O2.